The third-order valence-corrected chi connectivity index (χ3v) is 7.71. The van der Waals surface area contributed by atoms with Crippen LogP contribution < -0.4 is 18.4 Å². The van der Waals surface area contributed by atoms with Crippen LogP contribution in [0.3, 0.4) is 0 Å². The van der Waals surface area contributed by atoms with Crippen LogP contribution in [0.1, 0.15) is 5.56 Å². The van der Waals surface area contributed by atoms with Crippen LogP contribution in [0.4, 0.5) is 4.79 Å². The van der Waals surface area contributed by atoms with Gasteiger partial charge in [-0.3, -0.25) is 14.5 Å². The van der Waals surface area contributed by atoms with E-state index in [2.05, 4.69) is 0 Å². The van der Waals surface area contributed by atoms with Crippen molar-refractivity contribution in [2.75, 3.05) is 27.4 Å². The van der Waals surface area contributed by atoms with Crippen LogP contribution >= 0.6 is 23.4 Å². The molecule has 38 heavy (non-hydrogen) atoms. The number of imide groups is 1. The summed E-state index contributed by atoms with van der Waals surface area (Å²) in [7, 11) is -1.30. The van der Waals surface area contributed by atoms with Crippen molar-refractivity contribution in [1.29, 1.82) is 0 Å². The van der Waals surface area contributed by atoms with Crippen LogP contribution in [-0.4, -0.2) is 51.8 Å². The highest BCUT2D eigenvalue weighted by Gasteiger charge is 2.35. The Morgan fingerprint density at radius 2 is 1.55 bits per heavy atom. The Morgan fingerprint density at radius 3 is 2.24 bits per heavy atom. The summed E-state index contributed by atoms with van der Waals surface area (Å²) in [5, 5.41) is -0.0657. The SMILES string of the molecule is COc1ccccc1OCCN1C(=O)S/C(=C\c2ccc(OC)c(OS(=O)(=O)c3ccc(Cl)cc3)c2)C1=O. The third kappa shape index (κ3) is 6.24. The molecule has 198 valence electrons. The summed E-state index contributed by atoms with van der Waals surface area (Å²) in [5.41, 5.74) is 0.433. The average Bonchev–Trinajstić information content (AvgIpc) is 3.16. The van der Waals surface area contributed by atoms with E-state index in [9.17, 15) is 18.0 Å². The van der Waals surface area contributed by atoms with Crippen LogP contribution in [0.5, 0.6) is 23.0 Å². The Labute approximate surface area is 229 Å². The van der Waals surface area contributed by atoms with Crippen molar-refractivity contribution in [3.8, 4) is 23.0 Å². The quantitative estimate of drug-likeness (QED) is 0.237. The first kappa shape index (κ1) is 27.4. The Bertz CT molecular complexity index is 1490. The molecule has 0 N–H and O–H groups in total. The van der Waals surface area contributed by atoms with Crippen molar-refractivity contribution in [1.82, 2.24) is 4.90 Å². The third-order valence-electron chi connectivity index (χ3n) is 5.30. The summed E-state index contributed by atoms with van der Waals surface area (Å²) in [5.74, 6) is 0.631. The summed E-state index contributed by atoms with van der Waals surface area (Å²) in [6.07, 6.45) is 1.48. The predicted octanol–water partition coefficient (Wildman–Crippen LogP) is 5.24. The molecular formula is C26H22ClNO8S2. The number of hydrogen-bond donors (Lipinski definition) is 0. The van der Waals surface area contributed by atoms with E-state index in [4.69, 9.17) is 30.0 Å². The number of hydrogen-bond acceptors (Lipinski definition) is 9. The lowest BCUT2D eigenvalue weighted by Crippen LogP contribution is -2.32. The van der Waals surface area contributed by atoms with Crippen molar-refractivity contribution in [2.45, 2.75) is 4.90 Å². The zero-order valence-electron chi connectivity index (χ0n) is 20.3. The van der Waals surface area contributed by atoms with Crippen LogP contribution in [0, 0.1) is 0 Å². The molecule has 1 heterocycles. The summed E-state index contributed by atoms with van der Waals surface area (Å²) in [6, 6.07) is 17.1. The molecule has 0 bridgehead atoms. The number of thioether (sulfide) groups is 1. The zero-order chi connectivity index (χ0) is 27.3. The van der Waals surface area contributed by atoms with Crippen LogP contribution in [-0.2, 0) is 14.9 Å². The molecule has 0 aromatic heterocycles. The van der Waals surface area contributed by atoms with Gasteiger partial charge in [-0.1, -0.05) is 29.8 Å². The number of carbonyl (C=O) groups excluding carboxylic acids is 2. The molecule has 1 aliphatic heterocycles. The molecule has 0 atom stereocenters. The number of nitrogens with zero attached hydrogens (tertiary/aromatic N) is 1. The van der Waals surface area contributed by atoms with Gasteiger partial charge in [0.15, 0.2) is 23.0 Å². The van der Waals surface area contributed by atoms with Crippen LogP contribution in [0.15, 0.2) is 76.5 Å². The summed E-state index contributed by atoms with van der Waals surface area (Å²) < 4.78 is 47.0. The maximum absolute atomic E-state index is 12.9. The highest BCUT2D eigenvalue weighted by Crippen LogP contribution is 2.36. The van der Waals surface area contributed by atoms with Gasteiger partial charge in [-0.25, -0.2) is 0 Å². The molecule has 3 aromatic carbocycles. The summed E-state index contributed by atoms with van der Waals surface area (Å²) in [6.45, 7) is 0.116. The Morgan fingerprint density at radius 1 is 0.895 bits per heavy atom. The van der Waals surface area contributed by atoms with E-state index in [0.29, 0.717) is 22.1 Å². The number of para-hydroxylation sites is 2. The van der Waals surface area contributed by atoms with Crippen molar-refractivity contribution in [3.05, 3.63) is 82.2 Å². The predicted molar refractivity (Wildman–Crippen MR) is 143 cm³/mol. The Hall–Kier alpha value is -3.67. The van der Waals surface area contributed by atoms with Gasteiger partial charge in [0, 0.05) is 5.02 Å². The van der Waals surface area contributed by atoms with Gasteiger partial charge in [0.25, 0.3) is 11.1 Å². The van der Waals surface area contributed by atoms with E-state index in [0.717, 1.165) is 16.7 Å². The molecule has 1 aliphatic rings. The van der Waals surface area contributed by atoms with Gasteiger partial charge >= 0.3 is 10.1 Å². The number of halogens is 1. The molecule has 0 unspecified atom stereocenters. The molecule has 0 spiro atoms. The minimum absolute atomic E-state index is 0.0381. The molecular weight excluding hydrogens is 554 g/mol. The van der Waals surface area contributed by atoms with Gasteiger partial charge in [0.05, 0.1) is 25.7 Å². The first-order valence-corrected chi connectivity index (χ1v) is 13.7. The van der Waals surface area contributed by atoms with Crippen LogP contribution in [0.25, 0.3) is 6.08 Å². The van der Waals surface area contributed by atoms with E-state index < -0.39 is 21.3 Å². The normalized spacial score (nSPS) is 14.6. The fourth-order valence-electron chi connectivity index (χ4n) is 3.44. The highest BCUT2D eigenvalue weighted by atomic mass is 35.5. The van der Waals surface area contributed by atoms with Gasteiger partial charge in [-0.15, -0.1) is 0 Å². The number of carbonyl (C=O) groups is 2. The number of rotatable bonds is 10. The molecule has 1 saturated heterocycles. The maximum Gasteiger partial charge on any atom is 0.339 e. The van der Waals surface area contributed by atoms with Crippen molar-refractivity contribution in [2.24, 2.45) is 0 Å². The average molecular weight is 576 g/mol. The standard InChI is InChI=1S/C26H22ClNO8S2/c1-33-20-5-3-4-6-22(20)35-14-13-28-25(29)24(37-26(28)30)16-17-7-12-21(34-2)23(15-17)36-38(31,32)19-10-8-18(27)9-11-19/h3-12,15-16H,13-14H2,1-2H3/b24-16-. The van der Waals surface area contributed by atoms with Gasteiger partial charge in [0.1, 0.15) is 11.5 Å². The zero-order valence-corrected chi connectivity index (χ0v) is 22.6. The van der Waals surface area contributed by atoms with Crippen molar-refractivity contribution >= 4 is 50.7 Å². The second-order valence-corrected chi connectivity index (χ2v) is 10.7. The first-order valence-electron chi connectivity index (χ1n) is 11.1. The number of benzene rings is 3. The van der Waals surface area contributed by atoms with Gasteiger partial charge in [-0.05, 0) is 71.9 Å². The van der Waals surface area contributed by atoms with E-state index >= 15 is 0 Å². The molecule has 0 radical (unpaired) electrons. The van der Waals surface area contributed by atoms with E-state index in [1.807, 2.05) is 0 Å². The number of amides is 2. The minimum Gasteiger partial charge on any atom is -0.493 e. The molecule has 3 aromatic rings. The van der Waals surface area contributed by atoms with Gasteiger partial charge < -0.3 is 18.4 Å². The van der Waals surface area contributed by atoms with Gasteiger partial charge in [-0.2, -0.15) is 8.42 Å². The first-order chi connectivity index (χ1) is 18.2. The molecule has 12 heteroatoms. The minimum atomic E-state index is -4.19. The second-order valence-electron chi connectivity index (χ2n) is 7.73. The highest BCUT2D eigenvalue weighted by molar-refractivity contribution is 8.18. The van der Waals surface area contributed by atoms with E-state index in [1.54, 1.807) is 30.3 Å². The van der Waals surface area contributed by atoms with Crippen molar-refractivity contribution in [3.63, 3.8) is 0 Å². The van der Waals surface area contributed by atoms with Crippen LogP contribution in [0.2, 0.25) is 5.02 Å². The monoisotopic (exact) mass is 575 g/mol. The second kappa shape index (κ2) is 11.8. The lowest BCUT2D eigenvalue weighted by molar-refractivity contribution is -0.123. The van der Waals surface area contributed by atoms with Gasteiger partial charge in [0.2, 0.25) is 0 Å². The molecule has 9 nitrogen and oxygen atoms in total. The summed E-state index contributed by atoms with van der Waals surface area (Å²) in [4.78, 5) is 26.6. The maximum atomic E-state index is 12.9. The Kier molecular flexibility index (Phi) is 8.50. The number of methoxy groups -OCH3 is 2. The molecule has 0 aliphatic carbocycles. The lowest BCUT2D eigenvalue weighted by Gasteiger charge is -2.14. The lowest BCUT2D eigenvalue weighted by atomic mass is 10.2. The topological polar surface area (TPSA) is 108 Å². The summed E-state index contributed by atoms with van der Waals surface area (Å²) >= 11 is 6.61. The smallest absolute Gasteiger partial charge is 0.339 e. The Balaban J connectivity index is 1.49. The van der Waals surface area contributed by atoms with E-state index in [-0.39, 0.29) is 34.5 Å². The number of ether oxygens (including phenoxy) is 3. The molecule has 1 fully saturated rings. The largest absolute Gasteiger partial charge is 0.493 e. The molecule has 2 amide bonds. The molecule has 0 saturated carbocycles. The fourth-order valence-corrected chi connectivity index (χ4v) is 5.37. The fraction of sp³-hybridized carbons (Fsp3) is 0.154. The van der Waals surface area contributed by atoms with E-state index in [1.165, 1.54) is 56.7 Å². The molecule has 4 rings (SSSR count). The van der Waals surface area contributed by atoms with Crippen molar-refractivity contribution < 1.29 is 36.4 Å².